The van der Waals surface area contributed by atoms with Crippen LogP contribution in [0.1, 0.15) is 37.2 Å². The van der Waals surface area contributed by atoms with Crippen LogP contribution in [0.5, 0.6) is 0 Å². The van der Waals surface area contributed by atoms with Gasteiger partial charge >= 0.3 is 6.03 Å². The SMILES string of the molecule is C[C@H](NC(=O)N[C@H](C)c1ccc(Br)cc1)c1ccccn1. The minimum absolute atomic E-state index is 0.0611. The third-order valence-corrected chi connectivity index (χ3v) is 3.73. The highest BCUT2D eigenvalue weighted by Crippen LogP contribution is 2.16. The van der Waals surface area contributed by atoms with Gasteiger partial charge < -0.3 is 10.6 Å². The summed E-state index contributed by atoms with van der Waals surface area (Å²) in [6.07, 6.45) is 1.72. The van der Waals surface area contributed by atoms with Gasteiger partial charge in [-0.05, 0) is 43.7 Å². The van der Waals surface area contributed by atoms with Crippen LogP contribution in [0.3, 0.4) is 0 Å². The highest BCUT2D eigenvalue weighted by atomic mass is 79.9. The summed E-state index contributed by atoms with van der Waals surface area (Å²) in [5.41, 5.74) is 1.89. The van der Waals surface area contributed by atoms with E-state index in [0.717, 1.165) is 15.7 Å². The number of aromatic nitrogens is 1. The van der Waals surface area contributed by atoms with E-state index in [-0.39, 0.29) is 18.1 Å². The zero-order chi connectivity index (χ0) is 15.2. The number of carbonyl (C=O) groups excluding carboxylic acids is 1. The molecule has 0 aliphatic rings. The average Bonchev–Trinajstić information content (AvgIpc) is 2.48. The number of amides is 2. The van der Waals surface area contributed by atoms with Crippen molar-refractivity contribution in [2.75, 3.05) is 0 Å². The van der Waals surface area contributed by atoms with Crippen LogP contribution < -0.4 is 10.6 Å². The maximum Gasteiger partial charge on any atom is 0.315 e. The molecule has 21 heavy (non-hydrogen) atoms. The molecule has 0 fully saturated rings. The molecule has 0 saturated carbocycles. The number of hydrogen-bond donors (Lipinski definition) is 2. The molecule has 0 bridgehead atoms. The first-order valence-electron chi connectivity index (χ1n) is 6.79. The number of carbonyl (C=O) groups is 1. The van der Waals surface area contributed by atoms with Crippen LogP contribution in [0.4, 0.5) is 4.79 Å². The molecule has 5 heteroatoms. The van der Waals surface area contributed by atoms with Crippen molar-refractivity contribution in [1.29, 1.82) is 0 Å². The van der Waals surface area contributed by atoms with Gasteiger partial charge in [-0.3, -0.25) is 4.98 Å². The second-order valence-corrected chi connectivity index (χ2v) is 5.78. The number of urea groups is 1. The molecule has 0 spiro atoms. The molecule has 2 N–H and O–H groups in total. The Morgan fingerprint density at radius 2 is 1.71 bits per heavy atom. The summed E-state index contributed by atoms with van der Waals surface area (Å²) < 4.78 is 1.02. The lowest BCUT2D eigenvalue weighted by molar-refractivity contribution is 0.234. The Kier molecular flexibility index (Phi) is 5.33. The Morgan fingerprint density at radius 3 is 2.33 bits per heavy atom. The molecule has 2 amide bonds. The molecule has 0 radical (unpaired) electrons. The first-order chi connectivity index (χ1) is 10.1. The Bertz CT molecular complexity index is 586. The van der Waals surface area contributed by atoms with Crippen LogP contribution >= 0.6 is 15.9 Å². The normalized spacial score (nSPS) is 13.3. The molecule has 110 valence electrons. The lowest BCUT2D eigenvalue weighted by atomic mass is 10.1. The average molecular weight is 348 g/mol. The van der Waals surface area contributed by atoms with E-state index >= 15 is 0 Å². The van der Waals surface area contributed by atoms with Gasteiger partial charge in [-0.1, -0.05) is 34.1 Å². The molecule has 1 heterocycles. The molecule has 2 atom stereocenters. The smallest absolute Gasteiger partial charge is 0.315 e. The molecule has 2 aromatic rings. The second-order valence-electron chi connectivity index (χ2n) is 4.87. The topological polar surface area (TPSA) is 54.0 Å². The lowest BCUT2D eigenvalue weighted by Crippen LogP contribution is -2.38. The Labute approximate surface area is 133 Å². The van der Waals surface area contributed by atoms with E-state index in [1.54, 1.807) is 6.20 Å². The third-order valence-electron chi connectivity index (χ3n) is 3.20. The van der Waals surface area contributed by atoms with Crippen molar-refractivity contribution in [3.8, 4) is 0 Å². The van der Waals surface area contributed by atoms with Gasteiger partial charge in [-0.15, -0.1) is 0 Å². The van der Waals surface area contributed by atoms with Crippen molar-refractivity contribution in [3.05, 3.63) is 64.4 Å². The fourth-order valence-electron chi connectivity index (χ4n) is 1.98. The molecule has 1 aromatic carbocycles. The first kappa shape index (κ1) is 15.5. The minimum Gasteiger partial charge on any atom is -0.332 e. The van der Waals surface area contributed by atoms with Crippen LogP contribution in [0.25, 0.3) is 0 Å². The quantitative estimate of drug-likeness (QED) is 0.879. The summed E-state index contributed by atoms with van der Waals surface area (Å²) in [5.74, 6) is 0. The summed E-state index contributed by atoms with van der Waals surface area (Å²) >= 11 is 3.40. The zero-order valence-electron chi connectivity index (χ0n) is 12.0. The van der Waals surface area contributed by atoms with E-state index in [2.05, 4.69) is 31.5 Å². The Morgan fingerprint density at radius 1 is 1.05 bits per heavy atom. The van der Waals surface area contributed by atoms with Gasteiger partial charge in [0.1, 0.15) is 0 Å². The second kappa shape index (κ2) is 7.22. The molecular weight excluding hydrogens is 330 g/mol. The summed E-state index contributed by atoms with van der Waals surface area (Å²) in [6, 6.07) is 13.1. The summed E-state index contributed by atoms with van der Waals surface area (Å²) in [4.78, 5) is 16.2. The highest BCUT2D eigenvalue weighted by Gasteiger charge is 2.13. The van der Waals surface area contributed by atoms with Crippen molar-refractivity contribution < 1.29 is 4.79 Å². The van der Waals surface area contributed by atoms with E-state index < -0.39 is 0 Å². The van der Waals surface area contributed by atoms with Gasteiger partial charge in [-0.2, -0.15) is 0 Å². The van der Waals surface area contributed by atoms with E-state index in [1.165, 1.54) is 0 Å². The maximum atomic E-state index is 12.0. The number of hydrogen-bond acceptors (Lipinski definition) is 2. The number of rotatable bonds is 4. The van der Waals surface area contributed by atoms with Crippen LogP contribution in [0.2, 0.25) is 0 Å². The number of nitrogens with zero attached hydrogens (tertiary/aromatic N) is 1. The molecule has 0 aliphatic heterocycles. The van der Waals surface area contributed by atoms with Gasteiger partial charge in [0.2, 0.25) is 0 Å². The summed E-state index contributed by atoms with van der Waals surface area (Å²) in [6.45, 7) is 3.86. The Balaban J connectivity index is 1.91. The van der Waals surface area contributed by atoms with Crippen LogP contribution in [0.15, 0.2) is 53.1 Å². The van der Waals surface area contributed by atoms with Crippen LogP contribution in [-0.2, 0) is 0 Å². The van der Waals surface area contributed by atoms with Crippen LogP contribution in [-0.4, -0.2) is 11.0 Å². The monoisotopic (exact) mass is 347 g/mol. The van der Waals surface area contributed by atoms with Crippen molar-refractivity contribution >= 4 is 22.0 Å². The van der Waals surface area contributed by atoms with Crippen LogP contribution in [0, 0.1) is 0 Å². The molecular formula is C16H18BrN3O. The number of nitrogens with one attached hydrogen (secondary N) is 2. The van der Waals surface area contributed by atoms with Gasteiger partial charge in [-0.25, -0.2) is 4.79 Å². The number of pyridine rings is 1. The van der Waals surface area contributed by atoms with E-state index in [0.29, 0.717) is 0 Å². The van der Waals surface area contributed by atoms with Gasteiger partial charge in [0.05, 0.1) is 17.8 Å². The number of halogens is 1. The van der Waals surface area contributed by atoms with E-state index in [1.807, 2.05) is 56.3 Å². The summed E-state index contributed by atoms with van der Waals surface area (Å²) in [7, 11) is 0. The lowest BCUT2D eigenvalue weighted by Gasteiger charge is -2.18. The fraction of sp³-hybridized carbons (Fsp3) is 0.250. The van der Waals surface area contributed by atoms with Crippen molar-refractivity contribution in [3.63, 3.8) is 0 Å². The van der Waals surface area contributed by atoms with Crippen molar-refractivity contribution in [1.82, 2.24) is 15.6 Å². The molecule has 0 unspecified atom stereocenters. The van der Waals surface area contributed by atoms with Gasteiger partial charge in [0, 0.05) is 10.7 Å². The molecule has 4 nitrogen and oxygen atoms in total. The predicted molar refractivity (Wildman–Crippen MR) is 86.9 cm³/mol. The maximum absolute atomic E-state index is 12.0. The summed E-state index contributed by atoms with van der Waals surface area (Å²) in [5, 5.41) is 5.81. The van der Waals surface area contributed by atoms with E-state index in [9.17, 15) is 4.79 Å². The van der Waals surface area contributed by atoms with E-state index in [4.69, 9.17) is 0 Å². The molecule has 1 aromatic heterocycles. The van der Waals surface area contributed by atoms with Gasteiger partial charge in [0.15, 0.2) is 0 Å². The standard InChI is InChI=1S/C16H18BrN3O/c1-11(13-6-8-14(17)9-7-13)19-16(21)20-12(2)15-5-3-4-10-18-15/h3-12H,1-2H3,(H2,19,20,21)/t11-,12+/m1/s1. The number of benzene rings is 1. The van der Waals surface area contributed by atoms with Gasteiger partial charge in [0.25, 0.3) is 0 Å². The predicted octanol–water partition coefficient (Wildman–Crippen LogP) is 3.97. The molecule has 2 rings (SSSR count). The fourth-order valence-corrected chi connectivity index (χ4v) is 2.24. The highest BCUT2D eigenvalue weighted by molar-refractivity contribution is 9.10. The first-order valence-corrected chi connectivity index (χ1v) is 7.59. The molecule has 0 aliphatic carbocycles. The third kappa shape index (κ3) is 4.56. The van der Waals surface area contributed by atoms with Crippen molar-refractivity contribution in [2.24, 2.45) is 0 Å². The van der Waals surface area contributed by atoms with Crippen molar-refractivity contribution in [2.45, 2.75) is 25.9 Å². The Hall–Kier alpha value is -1.88. The molecule has 0 saturated heterocycles. The largest absolute Gasteiger partial charge is 0.332 e. The zero-order valence-corrected chi connectivity index (χ0v) is 13.6. The minimum atomic E-state index is -0.205.